The minimum absolute atomic E-state index is 0.101. The monoisotopic (exact) mass is 296 g/mol. The van der Waals surface area contributed by atoms with Crippen LogP contribution in [0.5, 0.6) is 5.75 Å². The van der Waals surface area contributed by atoms with Gasteiger partial charge in [-0.1, -0.05) is 24.3 Å². The maximum atomic E-state index is 13.6. The summed E-state index contributed by atoms with van der Waals surface area (Å²) in [4.78, 5) is 12.0. The summed E-state index contributed by atoms with van der Waals surface area (Å²) in [5.41, 5.74) is 0.862. The van der Waals surface area contributed by atoms with Gasteiger partial charge in [-0.05, 0) is 35.9 Å². The average Bonchev–Trinajstić information content (AvgIpc) is 2.53. The SMILES string of the molecule is COc1ccc(/C=C(\C#N)C(=O)Nc2ccccc2)cc1F. The van der Waals surface area contributed by atoms with E-state index in [0.717, 1.165) is 0 Å². The van der Waals surface area contributed by atoms with Gasteiger partial charge in [-0.15, -0.1) is 0 Å². The van der Waals surface area contributed by atoms with Gasteiger partial charge in [0.1, 0.15) is 11.6 Å². The zero-order valence-corrected chi connectivity index (χ0v) is 11.8. The topological polar surface area (TPSA) is 62.1 Å². The lowest BCUT2D eigenvalue weighted by Gasteiger charge is -2.05. The number of hydrogen-bond donors (Lipinski definition) is 1. The third-order valence-electron chi connectivity index (χ3n) is 2.88. The van der Waals surface area contributed by atoms with Crippen LogP contribution in [0.4, 0.5) is 10.1 Å². The van der Waals surface area contributed by atoms with E-state index in [-0.39, 0.29) is 11.3 Å². The fraction of sp³-hybridized carbons (Fsp3) is 0.0588. The summed E-state index contributed by atoms with van der Waals surface area (Å²) in [7, 11) is 1.36. The summed E-state index contributed by atoms with van der Waals surface area (Å²) in [6, 6.07) is 14.8. The molecule has 2 aromatic carbocycles. The molecule has 0 fully saturated rings. The number of methoxy groups -OCH3 is 1. The van der Waals surface area contributed by atoms with Crippen molar-refractivity contribution in [3.8, 4) is 11.8 Å². The highest BCUT2D eigenvalue weighted by molar-refractivity contribution is 6.09. The van der Waals surface area contributed by atoms with Crippen molar-refractivity contribution in [3.63, 3.8) is 0 Å². The number of nitriles is 1. The number of nitrogens with zero attached hydrogens (tertiary/aromatic N) is 1. The highest BCUT2D eigenvalue weighted by Gasteiger charge is 2.10. The summed E-state index contributed by atoms with van der Waals surface area (Å²) in [5.74, 6) is -1.01. The van der Waals surface area contributed by atoms with E-state index in [1.54, 1.807) is 30.3 Å². The van der Waals surface area contributed by atoms with E-state index in [0.29, 0.717) is 11.3 Å². The van der Waals surface area contributed by atoms with E-state index in [4.69, 9.17) is 10.00 Å². The Bertz CT molecular complexity index is 749. The number of anilines is 1. The van der Waals surface area contributed by atoms with Crippen LogP contribution in [0.1, 0.15) is 5.56 Å². The normalized spacial score (nSPS) is 10.7. The molecule has 2 rings (SSSR count). The van der Waals surface area contributed by atoms with Crippen LogP contribution in [0.3, 0.4) is 0 Å². The Morgan fingerprint density at radius 1 is 1.27 bits per heavy atom. The molecule has 1 N–H and O–H groups in total. The minimum atomic E-state index is -0.558. The van der Waals surface area contributed by atoms with Crippen LogP contribution >= 0.6 is 0 Å². The lowest BCUT2D eigenvalue weighted by molar-refractivity contribution is -0.112. The maximum Gasteiger partial charge on any atom is 0.266 e. The zero-order chi connectivity index (χ0) is 15.9. The minimum Gasteiger partial charge on any atom is -0.494 e. The fourth-order valence-corrected chi connectivity index (χ4v) is 1.81. The molecule has 0 aliphatic heterocycles. The van der Waals surface area contributed by atoms with Crippen LogP contribution in [0.15, 0.2) is 54.1 Å². The predicted molar refractivity (Wildman–Crippen MR) is 81.6 cm³/mol. The number of para-hydroxylation sites is 1. The number of carbonyl (C=O) groups excluding carboxylic acids is 1. The first-order chi connectivity index (χ1) is 10.6. The molecule has 110 valence electrons. The van der Waals surface area contributed by atoms with Crippen molar-refractivity contribution in [1.82, 2.24) is 0 Å². The van der Waals surface area contributed by atoms with Gasteiger partial charge < -0.3 is 10.1 Å². The molecular weight excluding hydrogens is 283 g/mol. The molecule has 4 nitrogen and oxygen atoms in total. The molecule has 0 unspecified atom stereocenters. The quantitative estimate of drug-likeness (QED) is 0.695. The van der Waals surface area contributed by atoms with Crippen LogP contribution in [0.25, 0.3) is 6.08 Å². The van der Waals surface area contributed by atoms with Gasteiger partial charge >= 0.3 is 0 Å². The first kappa shape index (κ1) is 15.3. The Morgan fingerprint density at radius 3 is 2.59 bits per heavy atom. The number of benzene rings is 2. The Hall–Kier alpha value is -3.13. The molecule has 0 saturated carbocycles. The molecule has 1 amide bonds. The van der Waals surface area contributed by atoms with Gasteiger partial charge in [0, 0.05) is 5.69 Å². The summed E-state index contributed by atoms with van der Waals surface area (Å²) in [6.45, 7) is 0. The van der Waals surface area contributed by atoms with Crippen LogP contribution in [0.2, 0.25) is 0 Å². The highest BCUT2D eigenvalue weighted by Crippen LogP contribution is 2.19. The van der Waals surface area contributed by atoms with Gasteiger partial charge in [0.15, 0.2) is 11.6 Å². The number of hydrogen-bond acceptors (Lipinski definition) is 3. The van der Waals surface area contributed by atoms with E-state index in [1.807, 2.05) is 12.1 Å². The highest BCUT2D eigenvalue weighted by atomic mass is 19.1. The molecule has 2 aromatic rings. The summed E-state index contributed by atoms with van der Waals surface area (Å²) in [5, 5.41) is 11.7. The molecule has 0 radical (unpaired) electrons. The lowest BCUT2D eigenvalue weighted by Crippen LogP contribution is -2.13. The Morgan fingerprint density at radius 2 is 2.00 bits per heavy atom. The predicted octanol–water partition coefficient (Wildman–Crippen LogP) is 3.38. The second-order valence-corrected chi connectivity index (χ2v) is 4.38. The fourth-order valence-electron chi connectivity index (χ4n) is 1.81. The van der Waals surface area contributed by atoms with Crippen molar-refractivity contribution in [2.45, 2.75) is 0 Å². The molecule has 5 heteroatoms. The van der Waals surface area contributed by atoms with Crippen molar-refractivity contribution < 1.29 is 13.9 Å². The smallest absolute Gasteiger partial charge is 0.266 e. The van der Waals surface area contributed by atoms with Gasteiger partial charge in [-0.2, -0.15) is 5.26 Å². The number of nitrogens with one attached hydrogen (secondary N) is 1. The van der Waals surface area contributed by atoms with Crippen molar-refractivity contribution in [3.05, 3.63) is 65.5 Å². The van der Waals surface area contributed by atoms with Crippen LogP contribution in [-0.4, -0.2) is 13.0 Å². The summed E-state index contributed by atoms with van der Waals surface area (Å²) < 4.78 is 18.4. The number of rotatable bonds is 4. The van der Waals surface area contributed by atoms with E-state index in [1.165, 1.54) is 25.3 Å². The Labute approximate surface area is 127 Å². The lowest BCUT2D eigenvalue weighted by atomic mass is 10.1. The second kappa shape index (κ2) is 7.04. The van der Waals surface area contributed by atoms with Gasteiger partial charge in [0.2, 0.25) is 0 Å². The van der Waals surface area contributed by atoms with Gasteiger partial charge in [0.25, 0.3) is 5.91 Å². The molecule has 0 spiro atoms. The molecule has 0 saturated heterocycles. The van der Waals surface area contributed by atoms with Crippen molar-refractivity contribution in [1.29, 1.82) is 5.26 Å². The van der Waals surface area contributed by atoms with Crippen molar-refractivity contribution in [2.75, 3.05) is 12.4 Å². The third-order valence-corrected chi connectivity index (χ3v) is 2.88. The summed E-state index contributed by atoms with van der Waals surface area (Å²) in [6.07, 6.45) is 1.32. The Balaban J connectivity index is 2.22. The molecule has 0 aliphatic rings. The van der Waals surface area contributed by atoms with E-state index in [9.17, 15) is 9.18 Å². The molecule has 0 aliphatic carbocycles. The zero-order valence-electron chi connectivity index (χ0n) is 11.8. The van der Waals surface area contributed by atoms with Crippen LogP contribution in [0, 0.1) is 17.1 Å². The summed E-state index contributed by atoms with van der Waals surface area (Å²) >= 11 is 0. The number of halogens is 1. The van der Waals surface area contributed by atoms with E-state index >= 15 is 0 Å². The largest absolute Gasteiger partial charge is 0.494 e. The molecular formula is C17H13FN2O2. The molecule has 0 atom stereocenters. The third kappa shape index (κ3) is 3.70. The van der Waals surface area contributed by atoms with Crippen molar-refractivity contribution in [2.24, 2.45) is 0 Å². The first-order valence-corrected chi connectivity index (χ1v) is 6.46. The Kier molecular flexibility index (Phi) is 4.89. The van der Waals surface area contributed by atoms with E-state index < -0.39 is 11.7 Å². The standard InChI is InChI=1S/C17H13FN2O2/c1-22-16-8-7-12(10-15(16)18)9-13(11-19)17(21)20-14-5-3-2-4-6-14/h2-10H,1H3,(H,20,21)/b13-9+. The first-order valence-electron chi connectivity index (χ1n) is 6.46. The number of amides is 1. The van der Waals surface area contributed by atoms with Gasteiger partial charge in [-0.25, -0.2) is 4.39 Å². The van der Waals surface area contributed by atoms with Crippen LogP contribution in [-0.2, 0) is 4.79 Å². The molecule has 22 heavy (non-hydrogen) atoms. The maximum absolute atomic E-state index is 13.6. The molecule has 0 bridgehead atoms. The van der Waals surface area contributed by atoms with Crippen molar-refractivity contribution >= 4 is 17.7 Å². The number of ether oxygens (including phenoxy) is 1. The van der Waals surface area contributed by atoms with Gasteiger partial charge in [0.05, 0.1) is 7.11 Å². The van der Waals surface area contributed by atoms with E-state index in [2.05, 4.69) is 5.32 Å². The molecule has 0 heterocycles. The molecule has 0 aromatic heterocycles. The van der Waals surface area contributed by atoms with Gasteiger partial charge in [-0.3, -0.25) is 4.79 Å². The van der Waals surface area contributed by atoms with Crippen LogP contribution < -0.4 is 10.1 Å². The number of carbonyl (C=O) groups is 1. The average molecular weight is 296 g/mol. The second-order valence-electron chi connectivity index (χ2n) is 4.38.